The topological polar surface area (TPSA) is 131 Å². The Hall–Kier alpha value is -4.96. The van der Waals surface area contributed by atoms with Crippen molar-refractivity contribution in [1.29, 1.82) is 0 Å². The highest BCUT2D eigenvalue weighted by Crippen LogP contribution is 2.12. The zero-order valence-corrected chi connectivity index (χ0v) is 22.9. The Morgan fingerprint density at radius 3 is 2.34 bits per heavy atom. The van der Waals surface area contributed by atoms with Gasteiger partial charge in [0.15, 0.2) is 5.82 Å². The van der Waals surface area contributed by atoms with Crippen molar-refractivity contribution in [3.05, 3.63) is 127 Å². The van der Waals surface area contributed by atoms with Gasteiger partial charge in [-0.15, -0.1) is 0 Å². The molecular weight excluding hydrogens is 544 g/mol. The summed E-state index contributed by atoms with van der Waals surface area (Å²) in [5.74, 6) is -0.346. The third-order valence-electron chi connectivity index (χ3n) is 6.58. The molecule has 41 heavy (non-hydrogen) atoms. The molecule has 3 N–H and O–H groups in total. The van der Waals surface area contributed by atoms with Gasteiger partial charge in [0.2, 0.25) is 5.91 Å². The Balaban J connectivity index is 1.32. The molecule has 0 fully saturated rings. The molecule has 0 radical (unpaired) electrons. The standard InChI is InChI=1S/C30H27ClN6O4/c1-19-16-26(35-34-19)33-27(38)18-36-25-5-3-2-4-24(25)29(40)37(30(36)41)17-21-6-10-22(11-7-21)28(39)32-15-14-20-8-12-23(31)13-9-20/h2-13,16H,14-15,17-18H2,1H3,(H,32,39)(H2,33,34,35,38). The second-order valence-electron chi connectivity index (χ2n) is 9.59. The van der Waals surface area contributed by atoms with Gasteiger partial charge in [-0.3, -0.25) is 28.6 Å². The summed E-state index contributed by atoms with van der Waals surface area (Å²) in [5, 5.41) is 13.3. The highest BCUT2D eigenvalue weighted by Gasteiger charge is 2.16. The predicted molar refractivity (Wildman–Crippen MR) is 157 cm³/mol. The fraction of sp³-hybridized carbons (Fsp3) is 0.167. The van der Waals surface area contributed by atoms with Gasteiger partial charge in [0.05, 0.1) is 17.4 Å². The molecule has 208 valence electrons. The molecule has 10 nitrogen and oxygen atoms in total. The number of aryl methyl sites for hydroxylation is 1. The summed E-state index contributed by atoms with van der Waals surface area (Å²) >= 11 is 5.91. The number of nitrogens with zero attached hydrogens (tertiary/aromatic N) is 3. The Labute approximate surface area is 239 Å². The monoisotopic (exact) mass is 570 g/mol. The van der Waals surface area contributed by atoms with Crippen LogP contribution in [0, 0.1) is 6.92 Å². The van der Waals surface area contributed by atoms with E-state index in [4.69, 9.17) is 11.6 Å². The molecule has 0 aliphatic carbocycles. The van der Waals surface area contributed by atoms with Crippen molar-refractivity contribution in [2.45, 2.75) is 26.4 Å². The van der Waals surface area contributed by atoms with Crippen molar-refractivity contribution < 1.29 is 9.59 Å². The Morgan fingerprint density at radius 2 is 1.63 bits per heavy atom. The highest BCUT2D eigenvalue weighted by atomic mass is 35.5. The van der Waals surface area contributed by atoms with E-state index < -0.39 is 17.2 Å². The van der Waals surface area contributed by atoms with Gasteiger partial charge in [-0.25, -0.2) is 4.79 Å². The van der Waals surface area contributed by atoms with Gasteiger partial charge < -0.3 is 10.6 Å². The Morgan fingerprint density at radius 1 is 0.927 bits per heavy atom. The zero-order valence-electron chi connectivity index (χ0n) is 22.2. The highest BCUT2D eigenvalue weighted by molar-refractivity contribution is 6.30. The first kappa shape index (κ1) is 27.6. The minimum atomic E-state index is -0.619. The molecule has 3 aromatic carbocycles. The average molecular weight is 571 g/mol. The van der Waals surface area contributed by atoms with Crippen LogP contribution < -0.4 is 21.9 Å². The molecule has 0 aliphatic heterocycles. The number of aromatic amines is 1. The van der Waals surface area contributed by atoms with Gasteiger partial charge in [-0.1, -0.05) is 48.0 Å². The van der Waals surface area contributed by atoms with Crippen molar-refractivity contribution in [2.24, 2.45) is 0 Å². The van der Waals surface area contributed by atoms with Gasteiger partial charge in [-0.05, 0) is 60.9 Å². The summed E-state index contributed by atoms with van der Waals surface area (Å²) in [6.45, 7) is 1.93. The molecule has 2 amide bonds. The lowest BCUT2D eigenvalue weighted by molar-refractivity contribution is -0.116. The SMILES string of the molecule is Cc1cc(NC(=O)Cn2c(=O)n(Cc3ccc(C(=O)NCCc4ccc(Cl)cc4)cc3)c(=O)c3ccccc32)n[nH]1. The molecule has 5 aromatic rings. The molecule has 0 bridgehead atoms. The maximum Gasteiger partial charge on any atom is 0.332 e. The fourth-order valence-electron chi connectivity index (χ4n) is 4.49. The number of nitrogens with one attached hydrogen (secondary N) is 3. The molecule has 2 heterocycles. The minimum absolute atomic E-state index is 0.0266. The zero-order chi connectivity index (χ0) is 28.9. The lowest BCUT2D eigenvalue weighted by atomic mass is 10.1. The number of aromatic nitrogens is 4. The third-order valence-corrected chi connectivity index (χ3v) is 6.83. The molecule has 0 saturated heterocycles. The maximum absolute atomic E-state index is 13.5. The van der Waals surface area contributed by atoms with Crippen LogP contribution in [0.2, 0.25) is 5.02 Å². The number of amides is 2. The van der Waals surface area contributed by atoms with Gasteiger partial charge in [0.1, 0.15) is 6.54 Å². The first-order valence-electron chi connectivity index (χ1n) is 12.9. The van der Waals surface area contributed by atoms with Crippen LogP contribution in [0.25, 0.3) is 10.9 Å². The summed E-state index contributed by atoms with van der Waals surface area (Å²) in [4.78, 5) is 52.1. The van der Waals surface area contributed by atoms with E-state index >= 15 is 0 Å². The summed E-state index contributed by atoms with van der Waals surface area (Å²) in [6, 6.07) is 22.5. The second kappa shape index (κ2) is 12.1. The average Bonchev–Trinajstić information content (AvgIpc) is 3.38. The Kier molecular flexibility index (Phi) is 8.11. The smallest absolute Gasteiger partial charge is 0.332 e. The van der Waals surface area contributed by atoms with Crippen molar-refractivity contribution in [3.8, 4) is 0 Å². The molecule has 11 heteroatoms. The quantitative estimate of drug-likeness (QED) is 0.250. The molecule has 0 aliphatic rings. The third kappa shape index (κ3) is 6.44. The number of H-pyrrole nitrogens is 1. The number of carbonyl (C=O) groups is 2. The van der Waals surface area contributed by atoms with E-state index in [0.717, 1.165) is 15.8 Å². The van der Waals surface area contributed by atoms with E-state index in [9.17, 15) is 19.2 Å². The summed E-state index contributed by atoms with van der Waals surface area (Å²) in [6.07, 6.45) is 0.664. The van der Waals surface area contributed by atoms with E-state index in [0.29, 0.717) is 45.8 Å². The summed E-state index contributed by atoms with van der Waals surface area (Å²) in [7, 11) is 0. The van der Waals surface area contributed by atoms with Crippen LogP contribution >= 0.6 is 11.6 Å². The van der Waals surface area contributed by atoms with Crippen LogP contribution in [0.3, 0.4) is 0 Å². The first-order chi connectivity index (χ1) is 19.8. The van der Waals surface area contributed by atoms with Crippen molar-refractivity contribution in [2.75, 3.05) is 11.9 Å². The maximum atomic E-state index is 13.5. The van der Waals surface area contributed by atoms with Gasteiger partial charge >= 0.3 is 5.69 Å². The van der Waals surface area contributed by atoms with Crippen LogP contribution in [0.4, 0.5) is 5.82 Å². The van der Waals surface area contributed by atoms with E-state index in [2.05, 4.69) is 20.8 Å². The van der Waals surface area contributed by atoms with Crippen molar-refractivity contribution in [3.63, 3.8) is 0 Å². The first-order valence-corrected chi connectivity index (χ1v) is 13.3. The van der Waals surface area contributed by atoms with E-state index in [1.807, 2.05) is 24.3 Å². The van der Waals surface area contributed by atoms with Gasteiger partial charge in [-0.2, -0.15) is 5.10 Å². The van der Waals surface area contributed by atoms with Crippen LogP contribution in [0.15, 0.2) is 88.5 Å². The predicted octanol–water partition coefficient (Wildman–Crippen LogP) is 3.51. The number of para-hydroxylation sites is 1. The second-order valence-corrected chi connectivity index (χ2v) is 10.0. The number of hydrogen-bond donors (Lipinski definition) is 3. The lowest BCUT2D eigenvalue weighted by Crippen LogP contribution is -2.42. The molecule has 0 saturated carbocycles. The number of halogens is 1. The molecule has 5 rings (SSSR count). The van der Waals surface area contributed by atoms with Crippen LogP contribution in [0.5, 0.6) is 0 Å². The normalized spacial score (nSPS) is 11.0. The van der Waals surface area contributed by atoms with Crippen molar-refractivity contribution >= 4 is 40.1 Å². The summed E-state index contributed by atoms with van der Waals surface area (Å²) < 4.78 is 2.36. The Bertz CT molecular complexity index is 1840. The van der Waals surface area contributed by atoms with Crippen LogP contribution in [-0.2, 0) is 24.3 Å². The van der Waals surface area contributed by atoms with E-state index in [-0.39, 0.29) is 19.0 Å². The van der Waals surface area contributed by atoms with Gasteiger partial charge in [0.25, 0.3) is 11.5 Å². The number of anilines is 1. The number of benzene rings is 3. The molecule has 0 spiro atoms. The minimum Gasteiger partial charge on any atom is -0.352 e. The van der Waals surface area contributed by atoms with Crippen molar-refractivity contribution in [1.82, 2.24) is 24.6 Å². The van der Waals surface area contributed by atoms with Crippen LogP contribution in [0.1, 0.15) is 27.2 Å². The summed E-state index contributed by atoms with van der Waals surface area (Å²) in [5.41, 5.74) is 2.22. The van der Waals surface area contributed by atoms with Gasteiger partial charge in [0, 0.05) is 28.9 Å². The molecular formula is C30H27ClN6O4. The number of rotatable bonds is 9. The largest absolute Gasteiger partial charge is 0.352 e. The molecule has 0 atom stereocenters. The number of carbonyl (C=O) groups excluding carboxylic acids is 2. The number of hydrogen-bond acceptors (Lipinski definition) is 5. The van der Waals surface area contributed by atoms with E-state index in [1.54, 1.807) is 61.5 Å². The molecule has 0 unspecified atom stereocenters. The molecule has 2 aromatic heterocycles. The fourth-order valence-corrected chi connectivity index (χ4v) is 4.61. The van der Waals surface area contributed by atoms with E-state index in [1.165, 1.54) is 4.57 Å². The number of fused-ring (bicyclic) bond motifs is 1. The van der Waals surface area contributed by atoms with Crippen LogP contribution in [-0.4, -0.2) is 37.7 Å². The lowest BCUT2D eigenvalue weighted by Gasteiger charge is -2.14.